The summed E-state index contributed by atoms with van der Waals surface area (Å²) >= 11 is 0. The van der Waals surface area contributed by atoms with Crippen LogP contribution in [0.15, 0.2) is 0 Å². The van der Waals surface area contributed by atoms with Crippen LogP contribution in [0.3, 0.4) is 0 Å². The Labute approximate surface area is 86.1 Å². The zero-order valence-corrected chi connectivity index (χ0v) is 8.01. The van der Waals surface area contributed by atoms with Gasteiger partial charge in [-0.1, -0.05) is 0 Å². The molecule has 3 unspecified atom stereocenters. The molecule has 0 spiro atoms. The summed E-state index contributed by atoms with van der Waals surface area (Å²) in [4.78, 5) is 21.6. The Kier molecular flexibility index (Phi) is 4.01. The SMILES string of the molecule is O=C(O)C(O)CNC(=O)C1CC(O)CN1. The van der Waals surface area contributed by atoms with E-state index in [1.807, 2.05) is 0 Å². The summed E-state index contributed by atoms with van der Waals surface area (Å²) < 4.78 is 0. The van der Waals surface area contributed by atoms with Crippen molar-refractivity contribution in [1.82, 2.24) is 10.6 Å². The monoisotopic (exact) mass is 218 g/mol. The summed E-state index contributed by atoms with van der Waals surface area (Å²) in [6, 6.07) is -0.513. The van der Waals surface area contributed by atoms with Crippen LogP contribution in [0.5, 0.6) is 0 Å². The maximum atomic E-state index is 11.3. The average Bonchev–Trinajstić information content (AvgIpc) is 2.60. The topological polar surface area (TPSA) is 119 Å². The Hall–Kier alpha value is -1.18. The number of β-amino-alcohol motifs (C(OH)–C–C–N with tert-alkyl or cyclic N) is 1. The zero-order chi connectivity index (χ0) is 11.4. The van der Waals surface area contributed by atoms with E-state index in [2.05, 4.69) is 10.6 Å². The Morgan fingerprint density at radius 2 is 2.20 bits per heavy atom. The molecule has 1 aliphatic rings. The minimum atomic E-state index is -1.60. The molecule has 3 atom stereocenters. The number of carboxylic acids is 1. The van der Waals surface area contributed by atoms with Gasteiger partial charge in [0.15, 0.2) is 6.10 Å². The second-order valence-electron chi connectivity index (χ2n) is 3.45. The van der Waals surface area contributed by atoms with Crippen molar-refractivity contribution < 1.29 is 24.9 Å². The van der Waals surface area contributed by atoms with E-state index in [1.54, 1.807) is 0 Å². The molecule has 1 saturated heterocycles. The maximum absolute atomic E-state index is 11.3. The van der Waals surface area contributed by atoms with Gasteiger partial charge in [0.2, 0.25) is 5.91 Å². The Bertz CT molecular complexity index is 257. The van der Waals surface area contributed by atoms with Crippen molar-refractivity contribution in [2.45, 2.75) is 24.7 Å². The maximum Gasteiger partial charge on any atom is 0.334 e. The van der Waals surface area contributed by atoms with E-state index in [0.717, 1.165) is 0 Å². The van der Waals surface area contributed by atoms with Crippen molar-refractivity contribution in [3.05, 3.63) is 0 Å². The van der Waals surface area contributed by atoms with Gasteiger partial charge >= 0.3 is 5.97 Å². The van der Waals surface area contributed by atoms with Crippen LogP contribution in [0, 0.1) is 0 Å². The van der Waals surface area contributed by atoms with E-state index in [9.17, 15) is 9.59 Å². The number of carbonyl (C=O) groups excluding carboxylic acids is 1. The molecule has 1 heterocycles. The lowest BCUT2D eigenvalue weighted by Gasteiger charge is -2.12. The lowest BCUT2D eigenvalue weighted by Crippen LogP contribution is -2.44. The number of aliphatic carboxylic acids is 1. The van der Waals surface area contributed by atoms with Crippen LogP contribution in [0.1, 0.15) is 6.42 Å². The summed E-state index contributed by atoms with van der Waals surface area (Å²) in [6.07, 6.45) is -1.85. The second kappa shape index (κ2) is 5.06. The minimum Gasteiger partial charge on any atom is -0.479 e. The number of amides is 1. The lowest BCUT2D eigenvalue weighted by molar-refractivity contribution is -0.146. The molecule has 0 aromatic carbocycles. The molecule has 0 aromatic rings. The first-order chi connectivity index (χ1) is 7.00. The van der Waals surface area contributed by atoms with Gasteiger partial charge in [-0.3, -0.25) is 4.79 Å². The van der Waals surface area contributed by atoms with Gasteiger partial charge in [-0.2, -0.15) is 0 Å². The molecule has 1 amide bonds. The van der Waals surface area contributed by atoms with Crippen LogP contribution in [-0.2, 0) is 9.59 Å². The van der Waals surface area contributed by atoms with E-state index >= 15 is 0 Å². The molecule has 0 bridgehead atoms. The molecule has 0 radical (unpaired) electrons. The van der Waals surface area contributed by atoms with Gasteiger partial charge in [0.25, 0.3) is 0 Å². The van der Waals surface area contributed by atoms with E-state index in [0.29, 0.717) is 13.0 Å². The summed E-state index contributed by atoms with van der Waals surface area (Å²) in [7, 11) is 0. The highest BCUT2D eigenvalue weighted by Crippen LogP contribution is 2.05. The van der Waals surface area contributed by atoms with E-state index in [4.69, 9.17) is 15.3 Å². The molecule has 1 aliphatic heterocycles. The van der Waals surface area contributed by atoms with Crippen LogP contribution < -0.4 is 10.6 Å². The number of carbonyl (C=O) groups is 2. The zero-order valence-electron chi connectivity index (χ0n) is 8.01. The number of rotatable bonds is 4. The number of aliphatic hydroxyl groups is 2. The predicted molar refractivity (Wildman–Crippen MR) is 49.1 cm³/mol. The van der Waals surface area contributed by atoms with E-state index in [-0.39, 0.29) is 6.54 Å². The largest absolute Gasteiger partial charge is 0.479 e. The molecule has 5 N–H and O–H groups in total. The summed E-state index contributed by atoms with van der Waals surface area (Å²) in [6.45, 7) is 0.0159. The fourth-order valence-corrected chi connectivity index (χ4v) is 1.32. The molecule has 15 heavy (non-hydrogen) atoms. The number of aliphatic hydroxyl groups excluding tert-OH is 2. The van der Waals surface area contributed by atoms with Crippen molar-refractivity contribution in [3.8, 4) is 0 Å². The van der Waals surface area contributed by atoms with Crippen molar-refractivity contribution >= 4 is 11.9 Å². The van der Waals surface area contributed by atoms with Gasteiger partial charge in [-0.05, 0) is 6.42 Å². The molecular formula is C8H14N2O5. The van der Waals surface area contributed by atoms with Gasteiger partial charge in [0.1, 0.15) is 0 Å². The third-order valence-electron chi connectivity index (χ3n) is 2.18. The molecule has 7 heteroatoms. The number of carboxylic acid groups (broad SMARTS) is 1. The summed E-state index contributed by atoms with van der Waals surface area (Å²) in [5.41, 5.74) is 0. The van der Waals surface area contributed by atoms with Crippen molar-refractivity contribution in [1.29, 1.82) is 0 Å². The van der Waals surface area contributed by atoms with Gasteiger partial charge in [0, 0.05) is 6.54 Å². The van der Waals surface area contributed by atoms with Crippen molar-refractivity contribution in [3.63, 3.8) is 0 Å². The van der Waals surface area contributed by atoms with Gasteiger partial charge in [-0.15, -0.1) is 0 Å². The summed E-state index contributed by atoms with van der Waals surface area (Å²) in [5.74, 6) is -1.79. The smallest absolute Gasteiger partial charge is 0.334 e. The van der Waals surface area contributed by atoms with Crippen LogP contribution >= 0.6 is 0 Å². The Balaban J connectivity index is 2.27. The fraction of sp³-hybridized carbons (Fsp3) is 0.750. The quantitative estimate of drug-likeness (QED) is 0.349. The third-order valence-corrected chi connectivity index (χ3v) is 2.18. The molecular weight excluding hydrogens is 204 g/mol. The normalized spacial score (nSPS) is 27.3. The van der Waals surface area contributed by atoms with Gasteiger partial charge in [-0.25, -0.2) is 4.79 Å². The standard InChI is InChI=1S/C8H14N2O5/c11-4-1-5(9-2-4)7(13)10-3-6(12)8(14)15/h4-6,9,11-12H,1-3H2,(H,10,13)(H,14,15). The molecule has 1 rings (SSSR count). The van der Waals surface area contributed by atoms with Crippen LogP contribution in [-0.4, -0.2) is 58.5 Å². The Morgan fingerprint density at radius 1 is 1.53 bits per heavy atom. The first-order valence-corrected chi connectivity index (χ1v) is 4.60. The lowest BCUT2D eigenvalue weighted by atomic mass is 10.2. The summed E-state index contributed by atoms with van der Waals surface area (Å²) in [5, 5.41) is 31.4. The minimum absolute atomic E-state index is 0.301. The van der Waals surface area contributed by atoms with Crippen LogP contribution in [0.25, 0.3) is 0 Å². The van der Waals surface area contributed by atoms with E-state index < -0.39 is 30.1 Å². The fourth-order valence-electron chi connectivity index (χ4n) is 1.32. The molecule has 0 aliphatic carbocycles. The second-order valence-corrected chi connectivity index (χ2v) is 3.45. The third kappa shape index (κ3) is 3.46. The first-order valence-electron chi connectivity index (χ1n) is 4.60. The predicted octanol–water partition coefficient (Wildman–Crippen LogP) is -2.73. The number of hydrogen-bond acceptors (Lipinski definition) is 5. The molecule has 0 saturated carbocycles. The number of nitrogens with one attached hydrogen (secondary N) is 2. The van der Waals surface area contributed by atoms with Crippen molar-refractivity contribution in [2.24, 2.45) is 0 Å². The van der Waals surface area contributed by atoms with Gasteiger partial charge in [0.05, 0.1) is 18.7 Å². The van der Waals surface area contributed by atoms with Gasteiger partial charge < -0.3 is 26.0 Å². The highest BCUT2D eigenvalue weighted by atomic mass is 16.4. The van der Waals surface area contributed by atoms with Crippen molar-refractivity contribution in [2.75, 3.05) is 13.1 Å². The first kappa shape index (κ1) is 11.9. The van der Waals surface area contributed by atoms with Crippen LogP contribution in [0.4, 0.5) is 0 Å². The molecule has 86 valence electrons. The average molecular weight is 218 g/mol. The highest BCUT2D eigenvalue weighted by Gasteiger charge is 2.28. The van der Waals surface area contributed by atoms with Crippen LogP contribution in [0.2, 0.25) is 0 Å². The number of hydrogen-bond donors (Lipinski definition) is 5. The Morgan fingerprint density at radius 3 is 2.67 bits per heavy atom. The molecule has 7 nitrogen and oxygen atoms in total. The highest BCUT2D eigenvalue weighted by molar-refractivity contribution is 5.83. The van der Waals surface area contributed by atoms with E-state index in [1.165, 1.54) is 0 Å². The molecule has 1 fully saturated rings. The molecule has 0 aromatic heterocycles.